The van der Waals surface area contributed by atoms with E-state index in [1.165, 1.54) is 11.9 Å². The number of aryl methyl sites for hydroxylation is 1. The maximum absolute atomic E-state index is 12.3. The van der Waals surface area contributed by atoms with E-state index in [9.17, 15) is 19.6 Å². The van der Waals surface area contributed by atoms with Crippen molar-refractivity contribution in [1.29, 1.82) is 5.26 Å². The lowest BCUT2D eigenvalue weighted by atomic mass is 9.76. The van der Waals surface area contributed by atoms with E-state index in [0.717, 1.165) is 11.3 Å². The molecule has 2 amide bonds. The van der Waals surface area contributed by atoms with Gasteiger partial charge in [0, 0.05) is 13.5 Å². The lowest BCUT2D eigenvalue weighted by Gasteiger charge is -2.21. The van der Waals surface area contributed by atoms with Gasteiger partial charge in [0.05, 0.1) is 31.2 Å². The molecule has 0 heterocycles. The lowest BCUT2D eigenvalue weighted by molar-refractivity contribution is -0.134. The molecule has 0 saturated carbocycles. The molecule has 0 saturated heterocycles. The van der Waals surface area contributed by atoms with Gasteiger partial charge in [-0.3, -0.25) is 9.59 Å². The third kappa shape index (κ3) is 7.77. The van der Waals surface area contributed by atoms with Crippen LogP contribution >= 0.6 is 0 Å². The molecule has 2 aromatic carbocycles. The fourth-order valence-electron chi connectivity index (χ4n) is 3.04. The summed E-state index contributed by atoms with van der Waals surface area (Å²) < 4.78 is 5.10. The third-order valence-electron chi connectivity index (χ3n) is 4.81. The van der Waals surface area contributed by atoms with Crippen LogP contribution in [0.5, 0.6) is 5.75 Å². The highest BCUT2D eigenvalue weighted by molar-refractivity contribution is 6.43. The number of nitriles is 1. The van der Waals surface area contributed by atoms with Crippen LogP contribution in [-0.2, 0) is 22.4 Å². The first-order valence-electron chi connectivity index (χ1n) is 9.83. The summed E-state index contributed by atoms with van der Waals surface area (Å²) in [5, 5.41) is 30.8. The molecule has 3 N–H and O–H groups in total. The SMILES string of the molecule is COc1ccc(CCC(=O)N(C)CC(=O)NC(Cc2cccc(C#N)c2)B(O)O)cc1. The minimum absolute atomic E-state index is 0.133. The first kappa shape index (κ1) is 23.9. The van der Waals surface area contributed by atoms with Gasteiger partial charge in [-0.05, 0) is 48.2 Å². The van der Waals surface area contributed by atoms with E-state index in [0.29, 0.717) is 17.5 Å². The van der Waals surface area contributed by atoms with Gasteiger partial charge in [-0.2, -0.15) is 5.26 Å². The molecule has 8 nitrogen and oxygen atoms in total. The van der Waals surface area contributed by atoms with Crippen molar-refractivity contribution in [3.8, 4) is 11.8 Å². The van der Waals surface area contributed by atoms with E-state index < -0.39 is 19.0 Å². The van der Waals surface area contributed by atoms with Crippen molar-refractivity contribution in [1.82, 2.24) is 10.2 Å². The molecule has 9 heteroatoms. The maximum atomic E-state index is 12.3. The van der Waals surface area contributed by atoms with Gasteiger partial charge in [0.1, 0.15) is 5.75 Å². The molecule has 0 aliphatic heterocycles. The molecule has 0 bridgehead atoms. The molecule has 1 atom stereocenters. The van der Waals surface area contributed by atoms with Crippen molar-refractivity contribution in [2.24, 2.45) is 0 Å². The fourth-order valence-corrected chi connectivity index (χ4v) is 3.04. The van der Waals surface area contributed by atoms with Crippen LogP contribution < -0.4 is 10.1 Å². The van der Waals surface area contributed by atoms with Gasteiger partial charge in [0.2, 0.25) is 11.8 Å². The molecule has 1 unspecified atom stereocenters. The number of carbonyl (C=O) groups excluding carboxylic acids is 2. The largest absolute Gasteiger partial charge is 0.497 e. The molecule has 0 aromatic heterocycles. The first-order chi connectivity index (χ1) is 14.8. The summed E-state index contributed by atoms with van der Waals surface area (Å²) in [6, 6.07) is 16.1. The van der Waals surface area contributed by atoms with E-state index in [1.807, 2.05) is 30.3 Å². The molecule has 2 aromatic rings. The quantitative estimate of drug-likeness (QED) is 0.484. The molecular formula is C22H26BN3O5. The number of likely N-dealkylation sites (N-methyl/N-ethyl adjacent to an activating group) is 1. The molecule has 162 valence electrons. The van der Waals surface area contributed by atoms with E-state index in [4.69, 9.17) is 10.00 Å². The Morgan fingerprint density at radius 1 is 1.19 bits per heavy atom. The van der Waals surface area contributed by atoms with Gasteiger partial charge < -0.3 is 25.0 Å². The van der Waals surface area contributed by atoms with Gasteiger partial charge in [-0.25, -0.2) is 0 Å². The topological polar surface area (TPSA) is 123 Å². The van der Waals surface area contributed by atoms with Gasteiger partial charge in [0.15, 0.2) is 0 Å². The highest BCUT2D eigenvalue weighted by Gasteiger charge is 2.26. The number of carbonyl (C=O) groups is 2. The molecule has 0 radical (unpaired) electrons. The highest BCUT2D eigenvalue weighted by Crippen LogP contribution is 2.13. The molecule has 0 spiro atoms. The van der Waals surface area contributed by atoms with E-state index in [2.05, 4.69) is 5.32 Å². The minimum atomic E-state index is -1.79. The predicted molar refractivity (Wildman–Crippen MR) is 116 cm³/mol. The Morgan fingerprint density at radius 3 is 2.52 bits per heavy atom. The summed E-state index contributed by atoms with van der Waals surface area (Å²) in [4.78, 5) is 26.0. The van der Waals surface area contributed by atoms with Crippen LogP contribution in [-0.4, -0.2) is 60.5 Å². The van der Waals surface area contributed by atoms with Crippen molar-refractivity contribution in [2.75, 3.05) is 20.7 Å². The zero-order valence-corrected chi connectivity index (χ0v) is 17.6. The maximum Gasteiger partial charge on any atom is 0.475 e. The molecule has 0 fully saturated rings. The van der Waals surface area contributed by atoms with Crippen LogP contribution in [0.4, 0.5) is 0 Å². The number of nitrogens with one attached hydrogen (secondary N) is 1. The molecule has 0 aliphatic carbocycles. The smallest absolute Gasteiger partial charge is 0.475 e. The number of methoxy groups -OCH3 is 1. The van der Waals surface area contributed by atoms with Crippen molar-refractivity contribution < 1.29 is 24.4 Å². The number of rotatable bonds is 10. The first-order valence-corrected chi connectivity index (χ1v) is 9.83. The zero-order valence-electron chi connectivity index (χ0n) is 17.6. The van der Waals surface area contributed by atoms with Gasteiger partial charge >= 0.3 is 7.12 Å². The standard InChI is InChI=1S/C22H26BN3O5/c1-26(22(28)11-8-16-6-9-19(31-2)10-7-16)15-21(27)25-20(23(29)30)13-17-4-3-5-18(12-17)14-24/h3-7,9-10,12,20,29-30H,8,11,13,15H2,1-2H3,(H,25,27). The van der Waals surface area contributed by atoms with Gasteiger partial charge in [0.25, 0.3) is 0 Å². The second-order valence-electron chi connectivity index (χ2n) is 7.20. The van der Waals surface area contributed by atoms with Gasteiger partial charge in [-0.15, -0.1) is 0 Å². The average Bonchev–Trinajstić information content (AvgIpc) is 2.77. The molecular weight excluding hydrogens is 397 g/mol. The van der Waals surface area contributed by atoms with Crippen molar-refractivity contribution >= 4 is 18.9 Å². The normalized spacial score (nSPS) is 11.2. The second kappa shape index (κ2) is 11.7. The Morgan fingerprint density at radius 2 is 1.90 bits per heavy atom. The van der Waals surface area contributed by atoms with Crippen molar-refractivity contribution in [3.05, 3.63) is 65.2 Å². The number of nitrogens with zero attached hydrogens (tertiary/aromatic N) is 2. The summed E-state index contributed by atoms with van der Waals surface area (Å²) in [5.74, 6) is -0.934. The van der Waals surface area contributed by atoms with Gasteiger partial charge in [-0.1, -0.05) is 24.3 Å². The van der Waals surface area contributed by atoms with Crippen LogP contribution in [0.2, 0.25) is 0 Å². The minimum Gasteiger partial charge on any atom is -0.497 e. The van der Waals surface area contributed by atoms with Crippen LogP contribution in [0, 0.1) is 11.3 Å². The second-order valence-corrected chi connectivity index (χ2v) is 7.20. The summed E-state index contributed by atoms with van der Waals surface area (Å²) in [5.41, 5.74) is 2.11. The van der Waals surface area contributed by atoms with E-state index >= 15 is 0 Å². The van der Waals surface area contributed by atoms with Crippen molar-refractivity contribution in [3.63, 3.8) is 0 Å². The van der Waals surface area contributed by atoms with Crippen LogP contribution in [0.1, 0.15) is 23.1 Å². The Kier molecular flexibility index (Phi) is 9.06. The van der Waals surface area contributed by atoms with Crippen LogP contribution in [0.3, 0.4) is 0 Å². The Hall–Kier alpha value is -3.35. The fraction of sp³-hybridized carbons (Fsp3) is 0.318. The highest BCUT2D eigenvalue weighted by atomic mass is 16.5. The van der Waals surface area contributed by atoms with E-state index in [-0.39, 0.29) is 25.3 Å². The lowest BCUT2D eigenvalue weighted by Crippen LogP contribution is -2.50. The summed E-state index contributed by atoms with van der Waals surface area (Å²) in [7, 11) is 1.32. The van der Waals surface area contributed by atoms with E-state index in [1.54, 1.807) is 31.4 Å². The predicted octanol–water partition coefficient (Wildman–Crippen LogP) is 0.697. The Balaban J connectivity index is 1.86. The molecule has 2 rings (SSSR count). The average molecular weight is 423 g/mol. The zero-order chi connectivity index (χ0) is 22.8. The van der Waals surface area contributed by atoms with Crippen LogP contribution in [0.25, 0.3) is 0 Å². The summed E-state index contributed by atoms with van der Waals surface area (Å²) >= 11 is 0. The summed E-state index contributed by atoms with van der Waals surface area (Å²) in [6.45, 7) is -0.205. The number of hydrogen-bond acceptors (Lipinski definition) is 6. The molecule has 31 heavy (non-hydrogen) atoms. The Bertz CT molecular complexity index is 927. The number of ether oxygens (including phenoxy) is 1. The van der Waals surface area contributed by atoms with Crippen LogP contribution in [0.15, 0.2) is 48.5 Å². The third-order valence-corrected chi connectivity index (χ3v) is 4.81. The molecule has 0 aliphatic rings. The number of benzene rings is 2. The number of hydrogen-bond donors (Lipinski definition) is 3. The summed E-state index contributed by atoms with van der Waals surface area (Å²) in [6.07, 6.45) is 0.902. The Labute approximate surface area is 182 Å². The monoisotopic (exact) mass is 423 g/mol. The van der Waals surface area contributed by atoms with Crippen molar-refractivity contribution in [2.45, 2.75) is 25.2 Å². The number of amides is 2.